The van der Waals surface area contributed by atoms with Gasteiger partial charge < -0.3 is 9.80 Å². The number of amides is 1. The maximum atomic E-state index is 13.2. The van der Waals surface area contributed by atoms with E-state index in [1.54, 1.807) is 35.1 Å². The minimum atomic E-state index is -0.149. The zero-order chi connectivity index (χ0) is 20.2. The molecule has 1 atom stereocenters. The number of carbonyl (C=O) groups excluding carboxylic acids is 1. The second-order valence-corrected chi connectivity index (χ2v) is 9.05. The lowest BCUT2D eigenvalue weighted by Crippen LogP contribution is -2.54. The van der Waals surface area contributed by atoms with E-state index >= 15 is 0 Å². The first kappa shape index (κ1) is 20.0. The maximum absolute atomic E-state index is 13.2. The van der Waals surface area contributed by atoms with Gasteiger partial charge in [-0.1, -0.05) is 12.1 Å². The number of thiophene rings is 2. The molecule has 1 saturated heterocycles. The van der Waals surface area contributed by atoms with Crippen molar-refractivity contribution in [3.63, 3.8) is 0 Å². The number of rotatable bonds is 7. The summed E-state index contributed by atoms with van der Waals surface area (Å²) in [7, 11) is 0. The van der Waals surface area contributed by atoms with Crippen LogP contribution in [0.3, 0.4) is 0 Å². The number of nitrogens with zero attached hydrogens (tertiary/aromatic N) is 5. The van der Waals surface area contributed by atoms with Crippen molar-refractivity contribution in [2.45, 2.75) is 19.5 Å². The van der Waals surface area contributed by atoms with Crippen LogP contribution >= 0.6 is 22.7 Å². The zero-order valence-corrected chi connectivity index (χ0v) is 18.2. The predicted molar refractivity (Wildman–Crippen MR) is 121 cm³/mol. The van der Waals surface area contributed by atoms with E-state index in [9.17, 15) is 4.79 Å². The molecule has 1 amide bonds. The molecule has 0 spiro atoms. The highest BCUT2D eigenvalue weighted by atomic mass is 32.1. The van der Waals surface area contributed by atoms with Crippen LogP contribution in [0.5, 0.6) is 0 Å². The molecule has 6 nitrogen and oxygen atoms in total. The first-order chi connectivity index (χ1) is 14.2. The summed E-state index contributed by atoms with van der Waals surface area (Å²) in [4.78, 5) is 30.7. The first-order valence-corrected chi connectivity index (χ1v) is 11.5. The van der Waals surface area contributed by atoms with Crippen LogP contribution in [-0.2, 0) is 11.3 Å². The fraction of sp³-hybridized carbons (Fsp3) is 0.381. The Bertz CT molecular complexity index is 963. The topological polar surface area (TPSA) is 52.6 Å². The molecule has 3 aromatic heterocycles. The van der Waals surface area contributed by atoms with Crippen LogP contribution in [0.1, 0.15) is 11.8 Å². The molecule has 1 unspecified atom stereocenters. The second-order valence-electron chi connectivity index (χ2n) is 7.12. The van der Waals surface area contributed by atoms with Gasteiger partial charge >= 0.3 is 0 Å². The molecule has 0 saturated carbocycles. The summed E-state index contributed by atoms with van der Waals surface area (Å²) >= 11 is 3.32. The van der Waals surface area contributed by atoms with E-state index in [2.05, 4.69) is 43.9 Å². The van der Waals surface area contributed by atoms with Gasteiger partial charge in [0.25, 0.3) is 0 Å². The summed E-state index contributed by atoms with van der Waals surface area (Å²) in [5.74, 6) is 1.16. The van der Waals surface area contributed by atoms with Crippen molar-refractivity contribution in [3.8, 4) is 0 Å². The lowest BCUT2D eigenvalue weighted by molar-refractivity contribution is -0.136. The molecule has 29 heavy (non-hydrogen) atoms. The molecular formula is C21H25N5OS2. The van der Waals surface area contributed by atoms with Gasteiger partial charge in [0.2, 0.25) is 5.91 Å². The Morgan fingerprint density at radius 2 is 2.07 bits per heavy atom. The molecular weight excluding hydrogens is 402 g/mol. The van der Waals surface area contributed by atoms with Crippen molar-refractivity contribution >= 4 is 44.6 Å². The van der Waals surface area contributed by atoms with Crippen LogP contribution in [0.4, 0.5) is 5.82 Å². The van der Waals surface area contributed by atoms with Gasteiger partial charge in [0.05, 0.1) is 18.0 Å². The third-order valence-electron chi connectivity index (χ3n) is 5.35. The Morgan fingerprint density at radius 3 is 2.79 bits per heavy atom. The highest BCUT2D eigenvalue weighted by Gasteiger charge is 2.29. The summed E-state index contributed by atoms with van der Waals surface area (Å²) in [6.45, 7) is 10.4. The van der Waals surface area contributed by atoms with E-state index in [4.69, 9.17) is 0 Å². The SMILES string of the molecule is C=CCN(Cc1cccs1)C(=O)C(C)N1CCN(c2ncnc3sccc23)CC1. The molecule has 4 rings (SSSR count). The third kappa shape index (κ3) is 4.34. The van der Waals surface area contributed by atoms with Gasteiger partial charge in [-0.15, -0.1) is 29.3 Å². The molecule has 0 aromatic carbocycles. The lowest BCUT2D eigenvalue weighted by Gasteiger charge is -2.39. The van der Waals surface area contributed by atoms with E-state index in [-0.39, 0.29) is 11.9 Å². The molecule has 0 bridgehead atoms. The van der Waals surface area contributed by atoms with Crippen molar-refractivity contribution in [2.24, 2.45) is 0 Å². The number of carbonyl (C=O) groups is 1. The van der Waals surface area contributed by atoms with E-state index in [0.29, 0.717) is 13.1 Å². The van der Waals surface area contributed by atoms with Gasteiger partial charge in [0.15, 0.2) is 0 Å². The molecule has 1 aliphatic heterocycles. The Hall–Kier alpha value is -2.29. The van der Waals surface area contributed by atoms with Crippen LogP contribution in [-0.4, -0.2) is 64.4 Å². The molecule has 1 aliphatic rings. The summed E-state index contributed by atoms with van der Waals surface area (Å²) in [6.07, 6.45) is 3.45. The molecule has 4 heterocycles. The standard InChI is InChI=1S/C21H25N5OS2/c1-3-7-26(14-17-5-4-12-28-17)21(27)16(2)24-8-10-25(11-9-24)19-18-6-13-29-20(18)23-15-22-19/h3-6,12-13,15-16H,1,7-11,14H2,2H3. The smallest absolute Gasteiger partial charge is 0.240 e. The fourth-order valence-corrected chi connectivity index (χ4v) is 5.20. The van der Waals surface area contributed by atoms with Crippen molar-refractivity contribution < 1.29 is 4.79 Å². The third-order valence-corrected chi connectivity index (χ3v) is 7.03. The van der Waals surface area contributed by atoms with Gasteiger partial charge in [0, 0.05) is 37.6 Å². The Balaban J connectivity index is 1.40. The largest absolute Gasteiger partial charge is 0.353 e. The van der Waals surface area contributed by atoms with Crippen LogP contribution in [0.25, 0.3) is 10.2 Å². The highest BCUT2D eigenvalue weighted by molar-refractivity contribution is 7.16. The molecule has 3 aromatic rings. The predicted octanol–water partition coefficient (Wildman–Crippen LogP) is 3.48. The van der Waals surface area contributed by atoms with Crippen LogP contribution in [0.15, 0.2) is 47.9 Å². The number of hydrogen-bond acceptors (Lipinski definition) is 7. The van der Waals surface area contributed by atoms with E-state index in [1.807, 2.05) is 23.3 Å². The molecule has 8 heteroatoms. The first-order valence-electron chi connectivity index (χ1n) is 9.76. The maximum Gasteiger partial charge on any atom is 0.240 e. The summed E-state index contributed by atoms with van der Waals surface area (Å²) in [5, 5.41) is 5.22. The van der Waals surface area contributed by atoms with Crippen LogP contribution in [0, 0.1) is 0 Å². The van der Waals surface area contributed by atoms with Crippen LogP contribution < -0.4 is 4.90 Å². The summed E-state index contributed by atoms with van der Waals surface area (Å²) in [5.41, 5.74) is 0. The fourth-order valence-electron chi connectivity index (χ4n) is 3.75. The minimum Gasteiger partial charge on any atom is -0.353 e. The van der Waals surface area contributed by atoms with Crippen molar-refractivity contribution in [1.82, 2.24) is 19.8 Å². The van der Waals surface area contributed by atoms with E-state index < -0.39 is 0 Å². The van der Waals surface area contributed by atoms with Gasteiger partial charge in [-0.3, -0.25) is 9.69 Å². The zero-order valence-electron chi connectivity index (χ0n) is 16.5. The van der Waals surface area contributed by atoms with Crippen molar-refractivity contribution in [2.75, 3.05) is 37.6 Å². The number of anilines is 1. The number of piperazine rings is 1. The second kappa shape index (κ2) is 9.02. The van der Waals surface area contributed by atoms with Gasteiger partial charge in [-0.25, -0.2) is 9.97 Å². The molecule has 0 N–H and O–H groups in total. The minimum absolute atomic E-state index is 0.149. The lowest BCUT2D eigenvalue weighted by atomic mass is 10.2. The monoisotopic (exact) mass is 427 g/mol. The van der Waals surface area contributed by atoms with Gasteiger partial charge in [-0.05, 0) is 29.8 Å². The van der Waals surface area contributed by atoms with Crippen molar-refractivity contribution in [3.05, 3.63) is 52.8 Å². The van der Waals surface area contributed by atoms with Gasteiger partial charge in [0.1, 0.15) is 17.0 Å². The number of hydrogen-bond donors (Lipinski definition) is 0. The average Bonchev–Trinajstić information content (AvgIpc) is 3.44. The van der Waals surface area contributed by atoms with Crippen molar-refractivity contribution in [1.29, 1.82) is 0 Å². The highest BCUT2D eigenvalue weighted by Crippen LogP contribution is 2.27. The molecule has 0 aliphatic carbocycles. The summed E-state index contributed by atoms with van der Waals surface area (Å²) in [6, 6.07) is 6.04. The van der Waals surface area contributed by atoms with E-state index in [0.717, 1.165) is 42.2 Å². The summed E-state index contributed by atoms with van der Waals surface area (Å²) < 4.78 is 0. The Morgan fingerprint density at radius 1 is 1.24 bits per heavy atom. The number of aromatic nitrogens is 2. The molecule has 1 fully saturated rings. The van der Waals surface area contributed by atoms with Gasteiger partial charge in [-0.2, -0.15) is 0 Å². The molecule has 0 radical (unpaired) electrons. The number of fused-ring (bicyclic) bond motifs is 1. The Labute approximate surface area is 179 Å². The molecule has 152 valence electrons. The Kier molecular flexibility index (Phi) is 6.22. The average molecular weight is 428 g/mol. The van der Waals surface area contributed by atoms with E-state index in [1.165, 1.54) is 4.88 Å². The quantitative estimate of drug-likeness (QED) is 0.541. The van der Waals surface area contributed by atoms with Crippen LogP contribution in [0.2, 0.25) is 0 Å². The normalized spacial score (nSPS) is 16.1.